The fourth-order valence-corrected chi connectivity index (χ4v) is 1.82. The zero-order valence-corrected chi connectivity index (χ0v) is 10.6. The molecule has 4 heteroatoms. The molecular formula is C14H18N4. The van der Waals surface area contributed by atoms with Gasteiger partial charge in [-0.25, -0.2) is 4.98 Å². The van der Waals surface area contributed by atoms with Crippen molar-refractivity contribution in [1.82, 2.24) is 15.4 Å². The second-order valence-corrected chi connectivity index (χ2v) is 4.31. The van der Waals surface area contributed by atoms with Crippen molar-refractivity contribution in [2.75, 3.05) is 0 Å². The fourth-order valence-electron chi connectivity index (χ4n) is 1.82. The Labute approximate surface area is 107 Å². The Morgan fingerprint density at radius 2 is 2.11 bits per heavy atom. The molecule has 0 saturated heterocycles. The molecule has 0 aliphatic carbocycles. The van der Waals surface area contributed by atoms with Crippen molar-refractivity contribution in [3.63, 3.8) is 0 Å². The minimum atomic E-state index is -0.0328. The van der Waals surface area contributed by atoms with Crippen LogP contribution in [0.15, 0.2) is 42.6 Å². The van der Waals surface area contributed by atoms with E-state index >= 15 is 0 Å². The molecule has 0 aliphatic rings. The Morgan fingerprint density at radius 1 is 1.39 bits per heavy atom. The van der Waals surface area contributed by atoms with E-state index in [4.69, 9.17) is 5.84 Å². The third kappa shape index (κ3) is 2.72. The number of hydrogen-bond donors (Lipinski definition) is 2. The molecule has 0 spiro atoms. The van der Waals surface area contributed by atoms with E-state index in [0.29, 0.717) is 0 Å². The van der Waals surface area contributed by atoms with Crippen LogP contribution >= 0.6 is 0 Å². The smallest absolute Gasteiger partial charge is 0.0890 e. The lowest BCUT2D eigenvalue weighted by atomic mass is 10.0. The van der Waals surface area contributed by atoms with Gasteiger partial charge in [0.2, 0.25) is 0 Å². The molecule has 94 valence electrons. The Bertz CT molecular complexity index is 550. The lowest BCUT2D eigenvalue weighted by Gasteiger charge is -2.16. The fraction of sp³-hybridized carbons (Fsp3) is 0.286. The van der Waals surface area contributed by atoms with Crippen molar-refractivity contribution in [2.24, 2.45) is 5.84 Å². The normalized spacial score (nSPS) is 12.6. The Balaban J connectivity index is 2.30. The molecule has 1 aromatic carbocycles. The minimum absolute atomic E-state index is 0.0328. The van der Waals surface area contributed by atoms with E-state index in [-0.39, 0.29) is 6.04 Å². The van der Waals surface area contributed by atoms with Crippen LogP contribution in [0, 0.1) is 0 Å². The maximum absolute atomic E-state index is 5.59. The molecule has 0 aliphatic heterocycles. The van der Waals surface area contributed by atoms with Gasteiger partial charge >= 0.3 is 0 Å². The topological polar surface area (TPSA) is 63.8 Å². The molecule has 18 heavy (non-hydrogen) atoms. The number of fused-ring (bicyclic) bond motifs is 1. The predicted molar refractivity (Wildman–Crippen MR) is 73.7 cm³/mol. The number of para-hydroxylation sites is 2. The van der Waals surface area contributed by atoms with Gasteiger partial charge in [-0.15, -0.1) is 0 Å². The molecule has 1 aromatic heterocycles. The van der Waals surface area contributed by atoms with Crippen LogP contribution in [0.3, 0.4) is 0 Å². The molecule has 1 unspecified atom stereocenters. The number of hydrazine groups is 1. The summed E-state index contributed by atoms with van der Waals surface area (Å²) < 4.78 is 0. The lowest BCUT2D eigenvalue weighted by Crippen LogP contribution is -2.29. The standard InChI is InChI=1S/C14H18N4/c1-3-10(2)8-13(18-15)14-9-16-11-6-4-5-7-12(11)17-14/h4-7,9,13,18H,2-3,8,15H2,1H3. The quantitative estimate of drug-likeness (QED) is 0.480. The summed E-state index contributed by atoms with van der Waals surface area (Å²) >= 11 is 0. The van der Waals surface area contributed by atoms with E-state index in [1.54, 1.807) is 6.20 Å². The molecule has 0 amide bonds. The van der Waals surface area contributed by atoms with Crippen LogP contribution in [0.2, 0.25) is 0 Å². The summed E-state index contributed by atoms with van der Waals surface area (Å²) in [6, 6.07) is 7.77. The van der Waals surface area contributed by atoms with Gasteiger partial charge in [0.05, 0.1) is 29.0 Å². The van der Waals surface area contributed by atoms with Gasteiger partial charge in [-0.1, -0.05) is 31.2 Å². The van der Waals surface area contributed by atoms with Crippen molar-refractivity contribution in [3.8, 4) is 0 Å². The number of nitrogens with zero attached hydrogens (tertiary/aromatic N) is 2. The first-order valence-electron chi connectivity index (χ1n) is 6.09. The third-order valence-electron chi connectivity index (χ3n) is 3.02. The summed E-state index contributed by atoms with van der Waals surface area (Å²) in [7, 11) is 0. The highest BCUT2D eigenvalue weighted by atomic mass is 15.2. The van der Waals surface area contributed by atoms with Gasteiger partial charge in [-0.2, -0.15) is 0 Å². The minimum Gasteiger partial charge on any atom is -0.271 e. The van der Waals surface area contributed by atoms with Crippen LogP contribution < -0.4 is 11.3 Å². The molecule has 2 rings (SSSR count). The molecule has 3 N–H and O–H groups in total. The van der Waals surface area contributed by atoms with E-state index in [0.717, 1.165) is 35.1 Å². The molecule has 1 heterocycles. The van der Waals surface area contributed by atoms with Crippen molar-refractivity contribution in [2.45, 2.75) is 25.8 Å². The molecule has 4 nitrogen and oxygen atoms in total. The number of nitrogens with two attached hydrogens (primary N) is 1. The second-order valence-electron chi connectivity index (χ2n) is 4.31. The molecule has 0 saturated carbocycles. The largest absolute Gasteiger partial charge is 0.271 e. The summed E-state index contributed by atoms with van der Waals surface area (Å²) in [4.78, 5) is 8.98. The van der Waals surface area contributed by atoms with Gasteiger partial charge in [0.15, 0.2) is 0 Å². The van der Waals surface area contributed by atoms with Gasteiger partial charge in [-0.05, 0) is 25.0 Å². The first kappa shape index (κ1) is 12.7. The Morgan fingerprint density at radius 3 is 2.78 bits per heavy atom. The van der Waals surface area contributed by atoms with Gasteiger partial charge in [0.1, 0.15) is 0 Å². The summed E-state index contributed by atoms with van der Waals surface area (Å²) in [5.41, 5.74) is 6.56. The highest BCUT2D eigenvalue weighted by molar-refractivity contribution is 5.73. The summed E-state index contributed by atoms with van der Waals surface area (Å²) in [5, 5.41) is 0. The first-order chi connectivity index (χ1) is 8.74. The van der Waals surface area contributed by atoms with Gasteiger partial charge < -0.3 is 0 Å². The van der Waals surface area contributed by atoms with Gasteiger partial charge in [0.25, 0.3) is 0 Å². The zero-order chi connectivity index (χ0) is 13.0. The van der Waals surface area contributed by atoms with Crippen LogP contribution in [-0.2, 0) is 0 Å². The Kier molecular flexibility index (Phi) is 4.02. The molecule has 0 radical (unpaired) electrons. The summed E-state index contributed by atoms with van der Waals surface area (Å²) in [6.45, 7) is 6.09. The summed E-state index contributed by atoms with van der Waals surface area (Å²) in [6.07, 6.45) is 3.50. The molecule has 0 fully saturated rings. The van der Waals surface area contributed by atoms with E-state index in [1.165, 1.54) is 0 Å². The number of hydrogen-bond acceptors (Lipinski definition) is 4. The number of benzene rings is 1. The van der Waals surface area contributed by atoms with Crippen molar-refractivity contribution in [1.29, 1.82) is 0 Å². The summed E-state index contributed by atoms with van der Waals surface area (Å²) in [5.74, 6) is 5.59. The number of rotatable bonds is 5. The van der Waals surface area contributed by atoms with E-state index in [1.807, 2.05) is 24.3 Å². The van der Waals surface area contributed by atoms with Crippen LogP contribution in [0.25, 0.3) is 11.0 Å². The Hall–Kier alpha value is -1.78. The van der Waals surface area contributed by atoms with E-state index in [9.17, 15) is 0 Å². The highest BCUT2D eigenvalue weighted by Gasteiger charge is 2.13. The van der Waals surface area contributed by atoms with Crippen LogP contribution in [0.4, 0.5) is 0 Å². The monoisotopic (exact) mass is 242 g/mol. The maximum atomic E-state index is 5.59. The highest BCUT2D eigenvalue weighted by Crippen LogP contribution is 2.20. The number of nitrogens with one attached hydrogen (secondary N) is 1. The zero-order valence-electron chi connectivity index (χ0n) is 10.6. The maximum Gasteiger partial charge on any atom is 0.0890 e. The van der Waals surface area contributed by atoms with Crippen molar-refractivity contribution >= 4 is 11.0 Å². The van der Waals surface area contributed by atoms with Gasteiger partial charge in [0, 0.05) is 0 Å². The van der Waals surface area contributed by atoms with E-state index in [2.05, 4.69) is 28.9 Å². The average molecular weight is 242 g/mol. The predicted octanol–water partition coefficient (Wildman–Crippen LogP) is 2.49. The van der Waals surface area contributed by atoms with Crippen molar-refractivity contribution in [3.05, 3.63) is 48.3 Å². The third-order valence-corrected chi connectivity index (χ3v) is 3.02. The van der Waals surface area contributed by atoms with Crippen LogP contribution in [0.5, 0.6) is 0 Å². The first-order valence-corrected chi connectivity index (χ1v) is 6.09. The molecular weight excluding hydrogens is 224 g/mol. The second kappa shape index (κ2) is 5.71. The van der Waals surface area contributed by atoms with E-state index < -0.39 is 0 Å². The molecule has 1 atom stereocenters. The SMILES string of the molecule is C=C(CC)CC(NN)c1cnc2ccccc2n1. The van der Waals surface area contributed by atoms with Crippen molar-refractivity contribution < 1.29 is 0 Å². The lowest BCUT2D eigenvalue weighted by molar-refractivity contribution is 0.531. The average Bonchev–Trinajstić information content (AvgIpc) is 2.44. The van der Waals surface area contributed by atoms with Crippen LogP contribution in [-0.4, -0.2) is 9.97 Å². The van der Waals surface area contributed by atoms with Gasteiger partial charge in [-0.3, -0.25) is 16.3 Å². The number of aromatic nitrogens is 2. The van der Waals surface area contributed by atoms with Crippen LogP contribution in [0.1, 0.15) is 31.5 Å². The molecule has 0 bridgehead atoms. The molecule has 2 aromatic rings.